The lowest BCUT2D eigenvalue weighted by molar-refractivity contribution is -0.113. The molecule has 106 valence electrons. The molecule has 1 rings (SSSR count). The molecule has 7 heteroatoms. The van der Waals surface area contributed by atoms with E-state index in [0.717, 1.165) is 18.6 Å². The molecule has 3 N–H and O–H groups in total. The van der Waals surface area contributed by atoms with E-state index in [1.165, 1.54) is 6.07 Å². The molecule has 0 aliphatic carbocycles. The van der Waals surface area contributed by atoms with Crippen LogP contribution in [0.2, 0.25) is 0 Å². The van der Waals surface area contributed by atoms with Gasteiger partial charge in [-0.25, -0.2) is 12.8 Å². The van der Waals surface area contributed by atoms with Crippen molar-refractivity contribution < 1.29 is 17.6 Å². The largest absolute Gasteiger partial charge is 0.397 e. The Morgan fingerprint density at radius 3 is 2.74 bits per heavy atom. The number of hydrogen-bond donors (Lipinski definition) is 2. The Balaban J connectivity index is 2.68. The highest BCUT2D eigenvalue weighted by molar-refractivity contribution is 7.92. The molecule has 0 heterocycles. The van der Waals surface area contributed by atoms with Gasteiger partial charge in [-0.05, 0) is 24.6 Å². The molecule has 0 bridgehead atoms. The maximum Gasteiger partial charge on any atom is 0.239 e. The number of anilines is 2. The number of amides is 1. The molecule has 0 saturated heterocycles. The molecule has 1 aromatic carbocycles. The van der Waals surface area contributed by atoms with E-state index in [2.05, 4.69) is 5.32 Å². The third kappa shape index (κ3) is 5.25. The van der Waals surface area contributed by atoms with Gasteiger partial charge in [0.15, 0.2) is 9.84 Å². The van der Waals surface area contributed by atoms with Crippen molar-refractivity contribution >= 4 is 27.1 Å². The zero-order chi connectivity index (χ0) is 14.5. The Kier molecular flexibility index (Phi) is 5.29. The predicted molar refractivity (Wildman–Crippen MR) is 73.0 cm³/mol. The number of nitrogen functional groups attached to an aromatic ring is 1. The van der Waals surface area contributed by atoms with Crippen LogP contribution in [0.3, 0.4) is 0 Å². The van der Waals surface area contributed by atoms with Gasteiger partial charge in [0.2, 0.25) is 5.91 Å². The van der Waals surface area contributed by atoms with Gasteiger partial charge < -0.3 is 11.1 Å². The number of benzene rings is 1. The average Bonchev–Trinajstić information content (AvgIpc) is 2.30. The highest BCUT2D eigenvalue weighted by atomic mass is 32.2. The van der Waals surface area contributed by atoms with E-state index in [0.29, 0.717) is 6.42 Å². The molecule has 0 radical (unpaired) electrons. The van der Waals surface area contributed by atoms with Gasteiger partial charge in [0.05, 0.1) is 17.1 Å². The fourth-order valence-corrected chi connectivity index (χ4v) is 2.80. The summed E-state index contributed by atoms with van der Waals surface area (Å²) < 4.78 is 36.1. The average molecular weight is 288 g/mol. The molecule has 1 amide bonds. The second-order valence-electron chi connectivity index (χ2n) is 4.23. The summed E-state index contributed by atoms with van der Waals surface area (Å²) in [7, 11) is -3.43. The molecular weight excluding hydrogens is 271 g/mol. The number of hydrogen-bond acceptors (Lipinski definition) is 4. The predicted octanol–water partition coefficient (Wildman–Crippen LogP) is 1.56. The van der Waals surface area contributed by atoms with Crippen LogP contribution in [0.1, 0.15) is 19.8 Å². The standard InChI is InChI=1S/C12H17FN2O3S/c1-2-3-6-19(17,18)8-12(16)15-11-7-9(13)4-5-10(11)14/h4-5,7H,2-3,6,8,14H2,1H3,(H,15,16). The van der Waals surface area contributed by atoms with E-state index in [-0.39, 0.29) is 17.1 Å². The van der Waals surface area contributed by atoms with Crippen LogP contribution >= 0.6 is 0 Å². The monoisotopic (exact) mass is 288 g/mol. The summed E-state index contributed by atoms with van der Waals surface area (Å²) in [6.45, 7) is 1.86. The molecular formula is C12H17FN2O3S. The van der Waals surface area contributed by atoms with E-state index in [1.807, 2.05) is 6.92 Å². The molecule has 0 spiro atoms. The summed E-state index contributed by atoms with van der Waals surface area (Å²) in [6.07, 6.45) is 1.25. The van der Waals surface area contributed by atoms with Crippen molar-refractivity contribution in [3.05, 3.63) is 24.0 Å². The minimum absolute atomic E-state index is 0.0322. The number of halogens is 1. The minimum atomic E-state index is -3.43. The Morgan fingerprint density at radius 2 is 2.11 bits per heavy atom. The second-order valence-corrected chi connectivity index (χ2v) is 6.41. The number of nitrogens with two attached hydrogens (primary N) is 1. The van der Waals surface area contributed by atoms with Crippen LogP contribution in [0, 0.1) is 5.82 Å². The Hall–Kier alpha value is -1.63. The van der Waals surface area contributed by atoms with Gasteiger partial charge in [-0.15, -0.1) is 0 Å². The first-order valence-corrected chi connectivity index (χ1v) is 7.71. The van der Waals surface area contributed by atoms with Crippen molar-refractivity contribution in [2.45, 2.75) is 19.8 Å². The summed E-state index contributed by atoms with van der Waals surface area (Å²) in [5.74, 6) is -1.93. The number of nitrogens with one attached hydrogen (secondary N) is 1. The fraction of sp³-hybridized carbons (Fsp3) is 0.417. The van der Waals surface area contributed by atoms with Gasteiger partial charge in [-0.1, -0.05) is 13.3 Å². The van der Waals surface area contributed by atoms with Gasteiger partial charge in [0.25, 0.3) is 0 Å². The number of carbonyl (C=O) groups excluding carboxylic acids is 1. The van der Waals surface area contributed by atoms with Crippen LogP contribution in [-0.4, -0.2) is 25.8 Å². The molecule has 0 fully saturated rings. The van der Waals surface area contributed by atoms with Crippen LogP contribution in [0.5, 0.6) is 0 Å². The van der Waals surface area contributed by atoms with Gasteiger partial charge in [-0.3, -0.25) is 4.79 Å². The van der Waals surface area contributed by atoms with Crippen molar-refractivity contribution in [3.63, 3.8) is 0 Å². The van der Waals surface area contributed by atoms with Crippen LogP contribution in [0.15, 0.2) is 18.2 Å². The zero-order valence-electron chi connectivity index (χ0n) is 10.6. The third-order valence-corrected chi connectivity index (χ3v) is 4.06. The van der Waals surface area contributed by atoms with E-state index in [9.17, 15) is 17.6 Å². The lowest BCUT2D eigenvalue weighted by Gasteiger charge is -2.08. The molecule has 0 aromatic heterocycles. The summed E-state index contributed by atoms with van der Waals surface area (Å²) in [6, 6.07) is 3.51. The van der Waals surface area contributed by atoms with Crippen LogP contribution in [0.25, 0.3) is 0 Å². The SMILES string of the molecule is CCCCS(=O)(=O)CC(=O)Nc1cc(F)ccc1N. The topological polar surface area (TPSA) is 89.3 Å². The molecule has 19 heavy (non-hydrogen) atoms. The van der Waals surface area contributed by atoms with Crippen molar-refractivity contribution in [2.75, 3.05) is 22.6 Å². The highest BCUT2D eigenvalue weighted by Crippen LogP contribution is 2.19. The van der Waals surface area contributed by atoms with E-state index in [4.69, 9.17) is 5.73 Å². The molecule has 1 aromatic rings. The summed E-state index contributed by atoms with van der Waals surface area (Å²) >= 11 is 0. The molecule has 0 aliphatic rings. The Labute approximate surface area is 111 Å². The van der Waals surface area contributed by atoms with Crippen molar-refractivity contribution in [2.24, 2.45) is 0 Å². The summed E-state index contributed by atoms with van der Waals surface area (Å²) in [5.41, 5.74) is 5.81. The second kappa shape index (κ2) is 6.51. The first kappa shape index (κ1) is 15.4. The van der Waals surface area contributed by atoms with E-state index < -0.39 is 27.3 Å². The number of rotatable bonds is 6. The maximum atomic E-state index is 13.0. The minimum Gasteiger partial charge on any atom is -0.397 e. The van der Waals surface area contributed by atoms with Gasteiger partial charge in [-0.2, -0.15) is 0 Å². The molecule has 0 atom stereocenters. The zero-order valence-corrected chi connectivity index (χ0v) is 11.5. The summed E-state index contributed by atoms with van der Waals surface area (Å²) in [5, 5.41) is 2.30. The van der Waals surface area contributed by atoms with Crippen LogP contribution < -0.4 is 11.1 Å². The van der Waals surface area contributed by atoms with Crippen molar-refractivity contribution in [3.8, 4) is 0 Å². The molecule has 0 unspecified atom stereocenters. The van der Waals surface area contributed by atoms with Gasteiger partial charge in [0, 0.05) is 0 Å². The van der Waals surface area contributed by atoms with Gasteiger partial charge >= 0.3 is 0 Å². The number of carbonyl (C=O) groups is 1. The van der Waals surface area contributed by atoms with Gasteiger partial charge in [0.1, 0.15) is 11.6 Å². The molecule has 0 saturated carbocycles. The first-order chi connectivity index (χ1) is 8.84. The lowest BCUT2D eigenvalue weighted by atomic mass is 10.2. The molecule has 5 nitrogen and oxygen atoms in total. The third-order valence-electron chi connectivity index (χ3n) is 2.45. The Morgan fingerprint density at radius 1 is 1.42 bits per heavy atom. The number of unbranched alkanes of at least 4 members (excludes halogenated alkanes) is 1. The van der Waals surface area contributed by atoms with E-state index >= 15 is 0 Å². The van der Waals surface area contributed by atoms with Crippen molar-refractivity contribution in [1.29, 1.82) is 0 Å². The normalized spacial score (nSPS) is 11.3. The van der Waals surface area contributed by atoms with E-state index in [1.54, 1.807) is 0 Å². The van der Waals surface area contributed by atoms with Crippen molar-refractivity contribution in [1.82, 2.24) is 0 Å². The first-order valence-electron chi connectivity index (χ1n) is 5.89. The maximum absolute atomic E-state index is 13.0. The van der Waals surface area contributed by atoms with Crippen LogP contribution in [0.4, 0.5) is 15.8 Å². The quantitative estimate of drug-likeness (QED) is 0.777. The smallest absolute Gasteiger partial charge is 0.239 e. The number of sulfone groups is 1. The van der Waals surface area contributed by atoms with Crippen LogP contribution in [-0.2, 0) is 14.6 Å². The highest BCUT2D eigenvalue weighted by Gasteiger charge is 2.17. The lowest BCUT2D eigenvalue weighted by Crippen LogP contribution is -2.25. The summed E-state index contributed by atoms with van der Waals surface area (Å²) in [4.78, 5) is 11.6. The molecule has 0 aliphatic heterocycles. The fourth-order valence-electron chi connectivity index (χ4n) is 1.46. The Bertz CT molecular complexity index is 558.